The predicted octanol–water partition coefficient (Wildman–Crippen LogP) is 0.873. The van der Waals surface area contributed by atoms with Crippen LogP contribution in [0.3, 0.4) is 0 Å². The molecular formula is C17H28N4O. The van der Waals surface area contributed by atoms with Crippen molar-refractivity contribution in [2.75, 3.05) is 39.3 Å². The zero-order valence-electron chi connectivity index (χ0n) is 13.5. The average Bonchev–Trinajstić information content (AvgIpc) is 2.56. The summed E-state index contributed by atoms with van der Waals surface area (Å²) in [5.74, 6) is 0. The van der Waals surface area contributed by atoms with Gasteiger partial charge >= 0.3 is 0 Å². The van der Waals surface area contributed by atoms with E-state index < -0.39 is 0 Å². The Morgan fingerprint density at radius 1 is 1.32 bits per heavy atom. The van der Waals surface area contributed by atoms with Crippen molar-refractivity contribution in [1.29, 1.82) is 0 Å². The minimum absolute atomic E-state index is 0.109. The van der Waals surface area contributed by atoms with E-state index in [1.54, 1.807) is 0 Å². The largest absolute Gasteiger partial charge is 0.393 e. The minimum atomic E-state index is -0.109. The molecule has 5 nitrogen and oxygen atoms in total. The number of nitrogens with zero attached hydrogens (tertiary/aromatic N) is 3. The van der Waals surface area contributed by atoms with E-state index in [0.29, 0.717) is 12.1 Å². The molecule has 0 radical (unpaired) electrons. The van der Waals surface area contributed by atoms with Crippen molar-refractivity contribution in [2.24, 2.45) is 0 Å². The molecule has 2 N–H and O–H groups in total. The lowest BCUT2D eigenvalue weighted by molar-refractivity contribution is 0.0448. The van der Waals surface area contributed by atoms with E-state index in [1.165, 1.54) is 5.69 Å². The van der Waals surface area contributed by atoms with E-state index in [4.69, 9.17) is 0 Å². The standard InChI is InChI=1S/C17H28N4O/c1-14-12-18-8-11-21(14)17(16-4-2-3-7-19-16)13-20-9-5-15(22)6-10-20/h2-4,7,14-15,17-18,22H,5-6,8-13H2,1H3. The van der Waals surface area contributed by atoms with Crippen molar-refractivity contribution in [2.45, 2.75) is 38.0 Å². The molecule has 2 saturated heterocycles. The Kier molecular flexibility index (Phi) is 5.41. The van der Waals surface area contributed by atoms with Crippen LogP contribution in [-0.4, -0.2) is 71.3 Å². The summed E-state index contributed by atoms with van der Waals surface area (Å²) in [5, 5.41) is 13.2. The molecule has 22 heavy (non-hydrogen) atoms. The number of pyridine rings is 1. The van der Waals surface area contributed by atoms with Crippen LogP contribution in [-0.2, 0) is 0 Å². The third kappa shape index (κ3) is 3.84. The molecule has 0 aromatic carbocycles. The number of hydrogen-bond donors (Lipinski definition) is 2. The van der Waals surface area contributed by atoms with Crippen LogP contribution < -0.4 is 5.32 Å². The third-order valence-corrected chi connectivity index (χ3v) is 4.97. The highest BCUT2D eigenvalue weighted by molar-refractivity contribution is 5.11. The van der Waals surface area contributed by atoms with Crippen LogP contribution in [0, 0.1) is 0 Å². The summed E-state index contributed by atoms with van der Waals surface area (Å²) in [6.07, 6.45) is 3.58. The first-order valence-electron chi connectivity index (χ1n) is 8.52. The van der Waals surface area contributed by atoms with E-state index in [2.05, 4.69) is 39.2 Å². The first-order valence-corrected chi connectivity index (χ1v) is 8.52. The number of nitrogens with one attached hydrogen (secondary N) is 1. The van der Waals surface area contributed by atoms with Gasteiger partial charge in [-0.2, -0.15) is 0 Å². The molecule has 0 saturated carbocycles. The van der Waals surface area contributed by atoms with Crippen molar-refractivity contribution in [3.05, 3.63) is 30.1 Å². The monoisotopic (exact) mass is 304 g/mol. The smallest absolute Gasteiger partial charge is 0.0652 e. The molecule has 0 amide bonds. The molecular weight excluding hydrogens is 276 g/mol. The maximum atomic E-state index is 9.71. The summed E-state index contributed by atoms with van der Waals surface area (Å²) in [6, 6.07) is 7.09. The molecule has 0 aliphatic carbocycles. The van der Waals surface area contributed by atoms with E-state index in [0.717, 1.165) is 52.1 Å². The number of rotatable bonds is 4. The second-order valence-corrected chi connectivity index (χ2v) is 6.59. The van der Waals surface area contributed by atoms with Crippen LogP contribution in [0.25, 0.3) is 0 Å². The average molecular weight is 304 g/mol. The Morgan fingerprint density at radius 2 is 2.14 bits per heavy atom. The van der Waals surface area contributed by atoms with Gasteiger partial charge in [-0.3, -0.25) is 9.88 Å². The normalized spacial score (nSPS) is 26.9. The molecule has 122 valence electrons. The van der Waals surface area contributed by atoms with Gasteiger partial charge < -0.3 is 15.3 Å². The summed E-state index contributed by atoms with van der Waals surface area (Å²) in [6.45, 7) is 8.44. The van der Waals surface area contributed by atoms with Crippen LogP contribution in [0.4, 0.5) is 0 Å². The van der Waals surface area contributed by atoms with Gasteiger partial charge in [-0.25, -0.2) is 0 Å². The van der Waals surface area contributed by atoms with Crippen molar-refractivity contribution in [3.8, 4) is 0 Å². The van der Waals surface area contributed by atoms with Gasteiger partial charge in [-0.15, -0.1) is 0 Å². The highest BCUT2D eigenvalue weighted by Gasteiger charge is 2.30. The van der Waals surface area contributed by atoms with Crippen molar-refractivity contribution >= 4 is 0 Å². The number of piperazine rings is 1. The quantitative estimate of drug-likeness (QED) is 0.865. The Labute approximate surface area is 133 Å². The fourth-order valence-electron chi connectivity index (χ4n) is 3.61. The van der Waals surface area contributed by atoms with Crippen LogP contribution in [0.2, 0.25) is 0 Å². The Balaban J connectivity index is 1.74. The summed E-state index contributed by atoms with van der Waals surface area (Å²) < 4.78 is 0. The molecule has 3 heterocycles. The van der Waals surface area contributed by atoms with Gasteiger partial charge in [-0.1, -0.05) is 6.07 Å². The molecule has 1 aromatic heterocycles. The van der Waals surface area contributed by atoms with Gasteiger partial charge in [0, 0.05) is 51.5 Å². The molecule has 2 aliphatic heterocycles. The van der Waals surface area contributed by atoms with Gasteiger partial charge in [0.15, 0.2) is 0 Å². The first-order chi connectivity index (χ1) is 10.7. The van der Waals surface area contributed by atoms with Crippen molar-refractivity contribution in [1.82, 2.24) is 20.1 Å². The van der Waals surface area contributed by atoms with Gasteiger partial charge in [0.2, 0.25) is 0 Å². The molecule has 2 fully saturated rings. The Morgan fingerprint density at radius 3 is 2.82 bits per heavy atom. The van der Waals surface area contributed by atoms with E-state index in [1.807, 2.05) is 12.3 Å². The Hall–Kier alpha value is -1.01. The summed E-state index contributed by atoms with van der Waals surface area (Å²) >= 11 is 0. The highest BCUT2D eigenvalue weighted by atomic mass is 16.3. The van der Waals surface area contributed by atoms with E-state index in [-0.39, 0.29) is 6.10 Å². The molecule has 1 aromatic rings. The number of piperidine rings is 1. The van der Waals surface area contributed by atoms with Gasteiger partial charge in [0.05, 0.1) is 17.8 Å². The van der Waals surface area contributed by atoms with Crippen molar-refractivity contribution < 1.29 is 5.11 Å². The fraction of sp³-hybridized carbons (Fsp3) is 0.706. The fourth-order valence-corrected chi connectivity index (χ4v) is 3.61. The van der Waals surface area contributed by atoms with Crippen LogP contribution >= 0.6 is 0 Å². The summed E-state index contributed by atoms with van der Waals surface area (Å²) in [5.41, 5.74) is 1.17. The van der Waals surface area contributed by atoms with Crippen LogP contribution in [0.1, 0.15) is 31.5 Å². The number of hydrogen-bond acceptors (Lipinski definition) is 5. The molecule has 0 spiro atoms. The number of aliphatic hydroxyl groups is 1. The summed E-state index contributed by atoms with van der Waals surface area (Å²) in [7, 11) is 0. The van der Waals surface area contributed by atoms with E-state index in [9.17, 15) is 5.11 Å². The lowest BCUT2D eigenvalue weighted by Gasteiger charge is -2.42. The van der Waals surface area contributed by atoms with Gasteiger partial charge in [0.25, 0.3) is 0 Å². The van der Waals surface area contributed by atoms with Gasteiger partial charge in [-0.05, 0) is 31.9 Å². The topological polar surface area (TPSA) is 51.6 Å². The van der Waals surface area contributed by atoms with E-state index >= 15 is 0 Å². The maximum Gasteiger partial charge on any atom is 0.0652 e. The number of aliphatic hydroxyl groups excluding tert-OH is 1. The first kappa shape index (κ1) is 15.9. The molecule has 3 rings (SSSR count). The van der Waals surface area contributed by atoms with Gasteiger partial charge in [0.1, 0.15) is 0 Å². The maximum absolute atomic E-state index is 9.71. The molecule has 5 heteroatoms. The molecule has 2 atom stereocenters. The second-order valence-electron chi connectivity index (χ2n) is 6.59. The molecule has 2 unspecified atom stereocenters. The Bertz CT molecular complexity index is 447. The lowest BCUT2D eigenvalue weighted by Crippen LogP contribution is -2.53. The zero-order chi connectivity index (χ0) is 15.4. The lowest BCUT2D eigenvalue weighted by atomic mass is 10.0. The number of likely N-dealkylation sites (tertiary alicyclic amines) is 1. The number of aromatic nitrogens is 1. The SMILES string of the molecule is CC1CNCCN1C(CN1CCC(O)CC1)c1ccccn1. The highest BCUT2D eigenvalue weighted by Crippen LogP contribution is 2.25. The predicted molar refractivity (Wildman–Crippen MR) is 87.7 cm³/mol. The second kappa shape index (κ2) is 7.51. The van der Waals surface area contributed by atoms with Crippen molar-refractivity contribution in [3.63, 3.8) is 0 Å². The van der Waals surface area contributed by atoms with Crippen LogP contribution in [0.15, 0.2) is 24.4 Å². The molecule has 2 aliphatic rings. The molecule has 0 bridgehead atoms. The minimum Gasteiger partial charge on any atom is -0.393 e. The summed E-state index contributed by atoms with van der Waals surface area (Å²) in [4.78, 5) is 9.71. The zero-order valence-corrected chi connectivity index (χ0v) is 13.5. The van der Waals surface area contributed by atoms with Crippen LogP contribution in [0.5, 0.6) is 0 Å². The third-order valence-electron chi connectivity index (χ3n) is 4.97.